The third kappa shape index (κ3) is 3.81. The normalized spacial score (nSPS) is 15.9. The monoisotopic (exact) mass is 420 g/mol. The van der Waals surface area contributed by atoms with E-state index in [1.165, 1.54) is 18.6 Å². The molecule has 5 rings (SSSR count). The number of fused-ring (bicyclic) bond motifs is 1. The number of imidazole rings is 1. The van der Waals surface area contributed by atoms with E-state index in [1.54, 1.807) is 22.9 Å². The highest BCUT2D eigenvalue weighted by molar-refractivity contribution is 5.95. The first-order chi connectivity index (χ1) is 15.1. The number of aromatic nitrogens is 2. The van der Waals surface area contributed by atoms with Crippen molar-refractivity contribution in [1.82, 2.24) is 14.9 Å². The topological polar surface area (TPSA) is 109 Å². The van der Waals surface area contributed by atoms with Crippen molar-refractivity contribution in [3.63, 3.8) is 0 Å². The van der Waals surface area contributed by atoms with Crippen molar-refractivity contribution in [3.05, 3.63) is 76.4 Å². The molecule has 1 atom stereocenters. The molecule has 2 aromatic carbocycles. The van der Waals surface area contributed by atoms with Crippen molar-refractivity contribution in [3.8, 4) is 17.2 Å². The molecule has 1 saturated carbocycles. The Labute approximate surface area is 177 Å². The Hall–Kier alpha value is -3.88. The van der Waals surface area contributed by atoms with Gasteiger partial charge < -0.3 is 19.4 Å². The second-order valence-electron chi connectivity index (χ2n) is 7.62. The van der Waals surface area contributed by atoms with Crippen LogP contribution in [0.25, 0.3) is 5.69 Å². The number of hydrogen-bond donors (Lipinski definition) is 1. The Morgan fingerprint density at radius 2 is 1.97 bits per heavy atom. The Morgan fingerprint density at radius 1 is 1.16 bits per heavy atom. The zero-order valence-electron chi connectivity index (χ0n) is 16.6. The molecular formula is C22H20N4O5. The highest BCUT2D eigenvalue weighted by Gasteiger charge is 2.34. The molecule has 1 aromatic heterocycles. The number of hydrogen-bond acceptors (Lipinski definition) is 6. The van der Waals surface area contributed by atoms with E-state index in [1.807, 2.05) is 18.2 Å². The van der Waals surface area contributed by atoms with Gasteiger partial charge >= 0.3 is 0 Å². The molecule has 1 aliphatic carbocycles. The van der Waals surface area contributed by atoms with Crippen molar-refractivity contribution < 1.29 is 19.2 Å². The molecule has 1 unspecified atom stereocenters. The lowest BCUT2D eigenvalue weighted by Gasteiger charge is -2.23. The summed E-state index contributed by atoms with van der Waals surface area (Å²) in [5, 5.41) is 14.7. The first kappa shape index (κ1) is 19.1. The van der Waals surface area contributed by atoms with Crippen molar-refractivity contribution in [1.29, 1.82) is 0 Å². The fraction of sp³-hybridized carbons (Fsp3) is 0.273. The van der Waals surface area contributed by atoms with E-state index in [0.717, 1.165) is 18.4 Å². The largest absolute Gasteiger partial charge is 0.486 e. The Morgan fingerprint density at radius 3 is 2.68 bits per heavy atom. The predicted molar refractivity (Wildman–Crippen MR) is 111 cm³/mol. The third-order valence-corrected chi connectivity index (χ3v) is 5.52. The number of carbonyl (C=O) groups excluding carboxylic acids is 1. The van der Waals surface area contributed by atoms with Crippen LogP contribution < -0.4 is 14.8 Å². The molecular weight excluding hydrogens is 400 g/mol. The predicted octanol–water partition coefficient (Wildman–Crippen LogP) is 3.43. The molecule has 0 radical (unpaired) electrons. The van der Waals surface area contributed by atoms with Crippen LogP contribution >= 0.6 is 0 Å². The van der Waals surface area contributed by atoms with Gasteiger partial charge in [-0.1, -0.05) is 6.07 Å². The fourth-order valence-electron chi connectivity index (χ4n) is 3.81. The van der Waals surface area contributed by atoms with Crippen molar-refractivity contribution in [2.75, 3.05) is 13.2 Å². The number of nitro groups is 1. The summed E-state index contributed by atoms with van der Waals surface area (Å²) in [6.07, 6.45) is 6.66. The molecule has 3 aromatic rings. The number of carbonyl (C=O) groups is 1. The minimum Gasteiger partial charge on any atom is -0.486 e. The molecule has 9 heteroatoms. The van der Waals surface area contributed by atoms with E-state index >= 15 is 0 Å². The standard InChI is InChI=1S/C22H20N4O5/c27-22(16-3-5-17(18(11-16)26(28)29)25-8-7-23-13-25)24-21(14-1-2-14)15-4-6-19-20(12-15)31-10-9-30-19/h3-8,11-14,21H,1-2,9-10H2,(H,24,27). The lowest BCUT2D eigenvalue weighted by atomic mass is 10.0. The van der Waals surface area contributed by atoms with E-state index in [0.29, 0.717) is 36.3 Å². The average molecular weight is 420 g/mol. The summed E-state index contributed by atoms with van der Waals surface area (Å²) in [6.45, 7) is 1.01. The summed E-state index contributed by atoms with van der Waals surface area (Å²) in [5.74, 6) is 1.34. The van der Waals surface area contributed by atoms with E-state index in [4.69, 9.17) is 9.47 Å². The van der Waals surface area contributed by atoms with Crippen LogP contribution in [0.5, 0.6) is 11.5 Å². The van der Waals surface area contributed by atoms with Gasteiger partial charge in [0.05, 0.1) is 17.3 Å². The number of nitrogens with zero attached hydrogens (tertiary/aromatic N) is 3. The minimum atomic E-state index is -0.495. The lowest BCUT2D eigenvalue weighted by Crippen LogP contribution is -2.30. The number of nitrogens with one attached hydrogen (secondary N) is 1. The zero-order valence-corrected chi connectivity index (χ0v) is 16.6. The van der Waals surface area contributed by atoms with Crippen molar-refractivity contribution in [2.45, 2.75) is 18.9 Å². The Balaban J connectivity index is 1.42. The summed E-state index contributed by atoms with van der Waals surface area (Å²) in [4.78, 5) is 28.1. The van der Waals surface area contributed by atoms with Crippen LogP contribution in [-0.2, 0) is 0 Å². The summed E-state index contributed by atoms with van der Waals surface area (Å²) in [7, 11) is 0. The quantitative estimate of drug-likeness (QED) is 0.483. The molecule has 0 bridgehead atoms. The van der Waals surface area contributed by atoms with Crippen LogP contribution in [0, 0.1) is 16.0 Å². The number of ether oxygens (including phenoxy) is 2. The smallest absolute Gasteiger partial charge is 0.294 e. The van der Waals surface area contributed by atoms with Gasteiger partial charge in [0, 0.05) is 24.0 Å². The highest BCUT2D eigenvalue weighted by atomic mass is 16.6. The third-order valence-electron chi connectivity index (χ3n) is 5.52. The van der Waals surface area contributed by atoms with Gasteiger partial charge in [-0.15, -0.1) is 0 Å². The van der Waals surface area contributed by atoms with Gasteiger partial charge in [-0.3, -0.25) is 14.9 Å². The second kappa shape index (κ2) is 7.75. The second-order valence-corrected chi connectivity index (χ2v) is 7.62. The molecule has 0 spiro atoms. The summed E-state index contributed by atoms with van der Waals surface area (Å²) in [5.41, 5.74) is 1.36. The van der Waals surface area contributed by atoms with Gasteiger partial charge in [-0.05, 0) is 48.6 Å². The minimum absolute atomic E-state index is 0.159. The Kier molecular flexibility index (Phi) is 4.78. The first-order valence-electron chi connectivity index (χ1n) is 10.1. The molecule has 9 nitrogen and oxygen atoms in total. The molecule has 158 valence electrons. The molecule has 0 saturated heterocycles. The summed E-state index contributed by atoms with van der Waals surface area (Å²) < 4.78 is 12.8. The lowest BCUT2D eigenvalue weighted by molar-refractivity contribution is -0.384. The molecule has 2 aliphatic rings. The Bertz CT molecular complexity index is 1140. The number of amides is 1. The van der Waals surface area contributed by atoms with Crippen LogP contribution in [0.4, 0.5) is 5.69 Å². The maximum atomic E-state index is 13.0. The SMILES string of the molecule is O=C(NC(c1ccc2c(c1)OCCO2)C1CC1)c1ccc(-n2ccnc2)c([N+](=O)[O-])c1. The number of rotatable bonds is 6. The average Bonchev–Trinajstić information content (AvgIpc) is 3.49. The van der Waals surface area contributed by atoms with Crippen LogP contribution in [-0.4, -0.2) is 33.6 Å². The number of nitro benzene ring substituents is 1. The highest BCUT2D eigenvalue weighted by Crippen LogP contribution is 2.43. The summed E-state index contributed by atoms with van der Waals surface area (Å²) >= 11 is 0. The molecule has 2 heterocycles. The van der Waals surface area contributed by atoms with Gasteiger partial charge in [0.25, 0.3) is 11.6 Å². The van der Waals surface area contributed by atoms with Gasteiger partial charge in [0.2, 0.25) is 0 Å². The van der Waals surface area contributed by atoms with E-state index < -0.39 is 4.92 Å². The molecule has 1 fully saturated rings. The van der Waals surface area contributed by atoms with Crippen molar-refractivity contribution >= 4 is 11.6 Å². The van der Waals surface area contributed by atoms with Gasteiger partial charge in [-0.2, -0.15) is 0 Å². The van der Waals surface area contributed by atoms with Gasteiger partial charge in [0.1, 0.15) is 18.9 Å². The maximum Gasteiger partial charge on any atom is 0.294 e. The fourth-order valence-corrected chi connectivity index (χ4v) is 3.81. The maximum absolute atomic E-state index is 13.0. The van der Waals surface area contributed by atoms with E-state index in [-0.39, 0.29) is 23.2 Å². The number of benzene rings is 2. The van der Waals surface area contributed by atoms with E-state index in [9.17, 15) is 14.9 Å². The van der Waals surface area contributed by atoms with Gasteiger partial charge in [-0.25, -0.2) is 4.98 Å². The molecule has 31 heavy (non-hydrogen) atoms. The summed E-state index contributed by atoms with van der Waals surface area (Å²) in [6, 6.07) is 9.95. The molecule has 1 aliphatic heterocycles. The van der Waals surface area contributed by atoms with Crippen LogP contribution in [0.15, 0.2) is 55.1 Å². The van der Waals surface area contributed by atoms with Crippen molar-refractivity contribution in [2.24, 2.45) is 5.92 Å². The van der Waals surface area contributed by atoms with Crippen LogP contribution in [0.1, 0.15) is 34.8 Å². The van der Waals surface area contributed by atoms with E-state index in [2.05, 4.69) is 10.3 Å². The molecule has 1 N–H and O–H groups in total. The molecule has 1 amide bonds. The van der Waals surface area contributed by atoms with Gasteiger partial charge in [0.15, 0.2) is 11.5 Å². The van der Waals surface area contributed by atoms with Crippen LogP contribution in [0.2, 0.25) is 0 Å². The zero-order chi connectivity index (χ0) is 21.4. The first-order valence-corrected chi connectivity index (χ1v) is 10.1. The van der Waals surface area contributed by atoms with Crippen LogP contribution in [0.3, 0.4) is 0 Å².